The van der Waals surface area contributed by atoms with Crippen molar-refractivity contribution in [3.05, 3.63) is 35.9 Å². The minimum absolute atomic E-state index is 0.0820. The topological polar surface area (TPSA) is 29.4 Å². The summed E-state index contributed by atoms with van der Waals surface area (Å²) in [6, 6.07) is 10.3. The molecular weight excluding hydrogens is 162 g/mol. The molecule has 1 saturated carbocycles. The zero-order chi connectivity index (χ0) is 9.31. The Morgan fingerprint density at radius 3 is 2.77 bits per heavy atom. The third-order valence-electron chi connectivity index (χ3n) is 2.83. The number of isocyanates is 1. The van der Waals surface area contributed by atoms with Crippen molar-refractivity contribution in [1.82, 2.24) is 0 Å². The average molecular weight is 173 g/mol. The van der Waals surface area contributed by atoms with Crippen molar-refractivity contribution in [3.8, 4) is 0 Å². The first-order chi connectivity index (χ1) is 6.27. The van der Waals surface area contributed by atoms with Gasteiger partial charge in [-0.25, -0.2) is 9.79 Å². The number of carbonyl (C=O) groups excluding carboxylic acids is 1. The van der Waals surface area contributed by atoms with E-state index in [1.807, 2.05) is 18.2 Å². The van der Waals surface area contributed by atoms with Gasteiger partial charge in [0.1, 0.15) is 0 Å². The zero-order valence-electron chi connectivity index (χ0n) is 7.53. The van der Waals surface area contributed by atoms with Crippen LogP contribution in [0.3, 0.4) is 0 Å². The summed E-state index contributed by atoms with van der Waals surface area (Å²) in [5.41, 5.74) is 1.34. The van der Waals surface area contributed by atoms with Crippen LogP contribution in [0.4, 0.5) is 0 Å². The highest BCUT2D eigenvalue weighted by Gasteiger charge is 2.51. The molecule has 2 nitrogen and oxygen atoms in total. The molecule has 0 heterocycles. The van der Waals surface area contributed by atoms with Gasteiger partial charge in [-0.2, -0.15) is 0 Å². The van der Waals surface area contributed by atoms with Crippen LogP contribution >= 0.6 is 0 Å². The van der Waals surface area contributed by atoms with E-state index in [4.69, 9.17) is 0 Å². The van der Waals surface area contributed by atoms with Crippen LogP contribution in [-0.2, 0) is 10.2 Å². The van der Waals surface area contributed by atoms with Crippen molar-refractivity contribution in [2.24, 2.45) is 4.99 Å². The molecule has 1 aromatic carbocycles. The fraction of sp³-hybridized carbons (Fsp3) is 0.364. The number of aliphatic imine (C=N–C) groups is 1. The fourth-order valence-corrected chi connectivity index (χ4v) is 1.72. The molecule has 0 radical (unpaired) electrons. The molecule has 1 aliphatic rings. The van der Waals surface area contributed by atoms with Crippen molar-refractivity contribution in [2.45, 2.75) is 24.8 Å². The van der Waals surface area contributed by atoms with Crippen LogP contribution in [0, 0.1) is 0 Å². The maximum atomic E-state index is 10.1. The van der Waals surface area contributed by atoms with E-state index in [0.717, 1.165) is 6.42 Å². The van der Waals surface area contributed by atoms with Crippen molar-refractivity contribution in [1.29, 1.82) is 0 Å². The summed E-state index contributed by atoms with van der Waals surface area (Å²) in [5.74, 6) is 0. The van der Waals surface area contributed by atoms with Gasteiger partial charge in [-0.15, -0.1) is 0 Å². The van der Waals surface area contributed by atoms with E-state index in [2.05, 4.69) is 24.0 Å². The molecule has 0 aromatic heterocycles. The molecule has 0 N–H and O–H groups in total. The predicted molar refractivity (Wildman–Crippen MR) is 50.3 cm³/mol. The molecule has 66 valence electrons. The fourth-order valence-electron chi connectivity index (χ4n) is 1.72. The molecule has 0 aliphatic heterocycles. The SMILES string of the molecule is C[C@@]1(c2ccccc2)CC1N=C=O. The number of nitrogens with zero attached hydrogens (tertiary/aromatic N) is 1. The standard InChI is InChI=1S/C11H11NO/c1-11(7-10(11)12-8-13)9-5-3-2-4-6-9/h2-6,10H,7H2,1H3/t10?,11-/m0/s1. The highest BCUT2D eigenvalue weighted by Crippen LogP contribution is 2.49. The van der Waals surface area contributed by atoms with E-state index in [1.54, 1.807) is 6.08 Å². The molecule has 1 aromatic rings. The van der Waals surface area contributed by atoms with Crippen LogP contribution in [0.5, 0.6) is 0 Å². The minimum Gasteiger partial charge on any atom is -0.211 e. The monoisotopic (exact) mass is 173 g/mol. The van der Waals surface area contributed by atoms with Gasteiger partial charge < -0.3 is 0 Å². The molecular formula is C11H11NO. The highest BCUT2D eigenvalue weighted by molar-refractivity contribution is 5.41. The Balaban J connectivity index is 2.25. The number of hydrogen-bond acceptors (Lipinski definition) is 2. The second-order valence-corrected chi connectivity index (χ2v) is 3.72. The lowest BCUT2D eigenvalue weighted by Crippen LogP contribution is -2.05. The summed E-state index contributed by atoms with van der Waals surface area (Å²) in [6.45, 7) is 2.13. The molecule has 2 atom stereocenters. The first-order valence-corrected chi connectivity index (χ1v) is 4.40. The van der Waals surface area contributed by atoms with E-state index < -0.39 is 0 Å². The van der Waals surface area contributed by atoms with Crippen molar-refractivity contribution in [2.75, 3.05) is 0 Å². The van der Waals surface area contributed by atoms with Gasteiger partial charge >= 0.3 is 0 Å². The summed E-state index contributed by atoms with van der Waals surface area (Å²) in [5, 5.41) is 0. The largest absolute Gasteiger partial charge is 0.235 e. The lowest BCUT2D eigenvalue weighted by molar-refractivity contribution is 0.561. The summed E-state index contributed by atoms with van der Waals surface area (Å²) in [7, 11) is 0. The van der Waals surface area contributed by atoms with Gasteiger partial charge in [-0.05, 0) is 12.0 Å². The molecule has 1 aliphatic carbocycles. The van der Waals surface area contributed by atoms with E-state index in [9.17, 15) is 4.79 Å². The van der Waals surface area contributed by atoms with Gasteiger partial charge in [0.25, 0.3) is 0 Å². The third-order valence-corrected chi connectivity index (χ3v) is 2.83. The molecule has 1 unspecified atom stereocenters. The first-order valence-electron chi connectivity index (χ1n) is 4.40. The van der Waals surface area contributed by atoms with E-state index >= 15 is 0 Å². The lowest BCUT2D eigenvalue weighted by atomic mass is 9.98. The van der Waals surface area contributed by atoms with Gasteiger partial charge in [-0.1, -0.05) is 37.3 Å². The molecule has 0 bridgehead atoms. The van der Waals surface area contributed by atoms with Crippen LogP contribution in [0.25, 0.3) is 0 Å². The molecule has 0 amide bonds. The van der Waals surface area contributed by atoms with E-state index in [1.165, 1.54) is 5.56 Å². The third kappa shape index (κ3) is 1.30. The van der Waals surface area contributed by atoms with Gasteiger partial charge in [0.05, 0.1) is 6.04 Å². The quantitative estimate of drug-likeness (QED) is 0.497. The first kappa shape index (κ1) is 8.21. The molecule has 13 heavy (non-hydrogen) atoms. The van der Waals surface area contributed by atoms with Crippen molar-refractivity contribution in [3.63, 3.8) is 0 Å². The van der Waals surface area contributed by atoms with Crippen LogP contribution in [0.1, 0.15) is 18.9 Å². The highest BCUT2D eigenvalue weighted by atomic mass is 16.1. The van der Waals surface area contributed by atoms with Crippen LogP contribution in [-0.4, -0.2) is 12.1 Å². The molecule has 0 spiro atoms. The maximum Gasteiger partial charge on any atom is 0.235 e. The van der Waals surface area contributed by atoms with Crippen LogP contribution < -0.4 is 0 Å². The summed E-state index contributed by atoms with van der Waals surface area (Å²) in [6.07, 6.45) is 2.59. The lowest BCUT2D eigenvalue weighted by Gasteiger charge is -2.07. The van der Waals surface area contributed by atoms with Crippen LogP contribution in [0.15, 0.2) is 35.3 Å². The number of benzene rings is 1. The van der Waals surface area contributed by atoms with Gasteiger partial charge in [-0.3, -0.25) is 0 Å². The molecule has 0 saturated heterocycles. The second kappa shape index (κ2) is 2.82. The van der Waals surface area contributed by atoms with Crippen LogP contribution in [0.2, 0.25) is 0 Å². The smallest absolute Gasteiger partial charge is 0.211 e. The molecule has 2 rings (SSSR count). The normalized spacial score (nSPS) is 30.7. The Morgan fingerprint density at radius 1 is 1.46 bits per heavy atom. The average Bonchev–Trinajstić information content (AvgIpc) is 2.81. The number of hydrogen-bond donors (Lipinski definition) is 0. The summed E-state index contributed by atoms with van der Waals surface area (Å²) >= 11 is 0. The molecule has 1 fully saturated rings. The Kier molecular flexibility index (Phi) is 1.78. The Morgan fingerprint density at radius 2 is 2.15 bits per heavy atom. The minimum atomic E-state index is 0.0820. The van der Waals surface area contributed by atoms with Gasteiger partial charge in [0.2, 0.25) is 6.08 Å². The predicted octanol–water partition coefficient (Wildman–Crippen LogP) is 2.05. The van der Waals surface area contributed by atoms with Crippen molar-refractivity contribution >= 4 is 6.08 Å². The van der Waals surface area contributed by atoms with Gasteiger partial charge in [0, 0.05) is 5.41 Å². The Labute approximate surface area is 77.3 Å². The Hall–Kier alpha value is -1.40. The van der Waals surface area contributed by atoms with Crippen molar-refractivity contribution < 1.29 is 4.79 Å². The van der Waals surface area contributed by atoms with Gasteiger partial charge in [0.15, 0.2) is 0 Å². The summed E-state index contributed by atoms with van der Waals surface area (Å²) < 4.78 is 0. The number of rotatable bonds is 2. The maximum absolute atomic E-state index is 10.1. The zero-order valence-corrected chi connectivity index (χ0v) is 7.53. The van der Waals surface area contributed by atoms with E-state index in [0.29, 0.717) is 0 Å². The molecule has 2 heteroatoms. The summed E-state index contributed by atoms with van der Waals surface area (Å²) in [4.78, 5) is 13.8. The Bertz CT molecular complexity index is 354. The second-order valence-electron chi connectivity index (χ2n) is 3.72. The van der Waals surface area contributed by atoms with E-state index in [-0.39, 0.29) is 11.5 Å².